The first-order chi connectivity index (χ1) is 44.1. The van der Waals surface area contributed by atoms with Gasteiger partial charge in [0.15, 0.2) is 0 Å². The molecule has 0 N–H and O–H groups in total. The highest BCUT2D eigenvalue weighted by Crippen LogP contribution is 2.43. The summed E-state index contributed by atoms with van der Waals surface area (Å²) in [7, 11) is 241. The molecule has 0 saturated heterocycles. The average Bonchev–Trinajstić information content (AvgIpc) is 1.65. The van der Waals surface area contributed by atoms with Crippen LogP contribution >= 0.6 is 0 Å². The van der Waals surface area contributed by atoms with Crippen molar-refractivity contribution < 1.29 is 0 Å². The number of terminal acetylenes is 1. The quantitative estimate of drug-likeness (QED) is 0.0291. The van der Waals surface area contributed by atoms with Gasteiger partial charge in [-0.25, -0.2) is 0 Å². The van der Waals surface area contributed by atoms with Crippen LogP contribution in [0.1, 0.15) is 34.9 Å². The summed E-state index contributed by atoms with van der Waals surface area (Å²) in [4.78, 5) is 0. The molecule has 3 aromatic carbocycles. The summed E-state index contributed by atoms with van der Waals surface area (Å²) in [5, 5.41) is 2.17. The van der Waals surface area contributed by atoms with Gasteiger partial charge in [-0.05, 0) is 62.1 Å². The third-order valence-corrected chi connectivity index (χ3v) is 20.0. The molecule has 67 heteroatoms. The Labute approximate surface area is 632 Å². The van der Waals surface area contributed by atoms with E-state index in [9.17, 15) is 0 Å². The van der Waals surface area contributed by atoms with E-state index in [-0.39, 0.29) is 27.4 Å². The minimum Gasteiger partial charge on any atom is -0.312 e. The van der Waals surface area contributed by atoms with Crippen LogP contribution in [0.25, 0.3) is 38.3 Å². The maximum atomic E-state index is 7.36. The van der Waals surface area contributed by atoms with Crippen molar-refractivity contribution in [3.8, 4) is 35.3 Å². The molecule has 1 nitrogen and oxygen atoms in total. The molecule has 0 unspecified atom stereocenters. The Balaban J connectivity index is 2.71. The van der Waals surface area contributed by atoms with Crippen LogP contribution in [-0.4, -0.2) is 474 Å². The van der Waals surface area contributed by atoms with Crippen molar-refractivity contribution >= 4 is 518 Å². The van der Waals surface area contributed by atoms with Crippen LogP contribution in [0.2, 0.25) is 0 Å². The summed E-state index contributed by atoms with van der Waals surface area (Å²) >= 11 is 0. The van der Waals surface area contributed by atoms with Crippen LogP contribution < -0.4 is 21.9 Å². The predicted molar refractivity (Wildman–Crippen MR) is 502 cm³/mol. The first kappa shape index (κ1) is 86.2. The molecule has 0 spiro atoms. The summed E-state index contributed by atoms with van der Waals surface area (Å²) in [5.74, 6) is 9.35. The van der Waals surface area contributed by atoms with E-state index < -0.39 is 192 Å². The van der Waals surface area contributed by atoms with E-state index in [1.807, 2.05) is 39.0 Å². The molecule has 2 heterocycles. The number of aryl methyl sites for hydroxylation is 3. The average molecular weight is 1080 g/mol. The van der Waals surface area contributed by atoms with Crippen molar-refractivity contribution in [3.05, 3.63) is 52.2 Å². The second-order valence-electron chi connectivity index (χ2n) is 26.0. The second kappa shape index (κ2) is 36.5. The molecule has 0 amide bonds. The Kier molecular flexibility index (Phi) is 33.2. The van der Waals surface area contributed by atoms with Gasteiger partial charge < -0.3 is 4.40 Å². The maximum absolute atomic E-state index is 7.36. The largest absolute Gasteiger partial charge is 0.312 e. The van der Waals surface area contributed by atoms with E-state index in [0.29, 0.717) is 33.0 Å². The number of rotatable bonds is 33. The Morgan fingerprint density at radius 2 is 0.800 bits per heavy atom. The molecule has 0 aliphatic heterocycles. The fourth-order valence-corrected chi connectivity index (χ4v) is 15.9. The van der Waals surface area contributed by atoms with Gasteiger partial charge in [0, 0.05) is 471 Å². The minimum atomic E-state index is -1.69. The van der Waals surface area contributed by atoms with Gasteiger partial charge in [-0.1, -0.05) is 29.4 Å². The third kappa shape index (κ3) is 17.6. The minimum absolute atomic E-state index is 0.0389. The summed E-state index contributed by atoms with van der Waals surface area (Å²) in [6, 6.07) is 7.31. The molecule has 70 radical (unpaired) electrons. The second-order valence-corrected chi connectivity index (χ2v) is 26.0. The van der Waals surface area contributed by atoms with Crippen LogP contribution in [0.4, 0.5) is 0 Å². The molecule has 0 atom stereocenters. The molecule has 332 valence electrons. The zero-order valence-corrected chi connectivity index (χ0v) is 54.9. The molecule has 0 saturated carbocycles. The fourth-order valence-electron chi connectivity index (χ4n) is 15.9. The van der Waals surface area contributed by atoms with E-state index in [1.165, 1.54) is 7.06 Å². The Bertz CT molecular complexity index is 3370. The highest BCUT2D eigenvalue weighted by molar-refractivity contribution is 8.17. The highest BCUT2D eigenvalue weighted by atomic mass is 14.9. The SMILES string of the molecule is [B][B]B([B])B(B([B])[B])B(B(B([B])[B])B([B])[B])c1c(B(B(B([B])[B])B([B])[B])B(B([B])[B])B([B])[B])cc(-c2ccc3c(c2)c2c(C#CC)c(C#C)c(C)c4c(C)c(C)n3c42)c(B(B(B([B])[B])B([B])[B])B(B([B])[B])B([B][B])B([B])[B])c1B(B(B([B])[B])B([B])[B])B(B([B])[B])B([B])B([B])[B]. The number of nitrogens with zero attached hydrogens (tertiary/aromatic N) is 1. The lowest BCUT2D eigenvalue weighted by Crippen LogP contribution is -2.91. The van der Waals surface area contributed by atoms with Crippen molar-refractivity contribution in [1.82, 2.24) is 4.40 Å². The first-order valence-corrected chi connectivity index (χ1v) is 31.3. The van der Waals surface area contributed by atoms with Gasteiger partial charge in [0.25, 0.3) is 0 Å². The number of hydrogen-bond acceptors (Lipinski definition) is 0. The summed E-state index contributed by atoms with van der Waals surface area (Å²) in [6.07, 6.45) is -32.7. The zero-order chi connectivity index (χ0) is 72.5. The normalized spacial score (nSPS) is 10.4. The molecule has 0 aliphatic rings. The fraction of sp³-hybridized carbons (Fsp3) is 0.143. The summed E-state index contributed by atoms with van der Waals surface area (Å²) in [6.45, 7) is 1.28. The van der Waals surface area contributed by atoms with Gasteiger partial charge in [-0.15, -0.1) is 28.7 Å². The van der Waals surface area contributed by atoms with Gasteiger partial charge in [0.05, 0.1) is 42.6 Å². The molecule has 95 heavy (non-hydrogen) atoms. The Morgan fingerprint density at radius 1 is 0.400 bits per heavy atom. The van der Waals surface area contributed by atoms with Gasteiger partial charge in [-0.2, -0.15) is 0 Å². The van der Waals surface area contributed by atoms with Crippen LogP contribution in [0.5, 0.6) is 0 Å². The maximum Gasteiger partial charge on any atom is 0.0804 e. The van der Waals surface area contributed by atoms with E-state index in [0.717, 1.165) is 34.8 Å². The molecule has 5 rings (SSSR count). The van der Waals surface area contributed by atoms with Crippen LogP contribution in [-0.2, 0) is 0 Å². The topological polar surface area (TPSA) is 4.41 Å². The van der Waals surface area contributed by atoms with Gasteiger partial charge in [-0.3, -0.25) is 0 Å². The van der Waals surface area contributed by atoms with Crippen molar-refractivity contribution in [2.24, 2.45) is 0 Å². The molecular weight excluding hydrogens is 1060 g/mol. The van der Waals surface area contributed by atoms with Gasteiger partial charge >= 0.3 is 0 Å². The van der Waals surface area contributed by atoms with Crippen LogP contribution in [0.3, 0.4) is 0 Å². The van der Waals surface area contributed by atoms with E-state index >= 15 is 0 Å². The zero-order valence-electron chi connectivity index (χ0n) is 54.9. The van der Waals surface area contributed by atoms with E-state index in [1.54, 1.807) is 13.0 Å². The summed E-state index contributed by atoms with van der Waals surface area (Å²) < 4.78 is 2.13. The lowest BCUT2D eigenvalue weighted by Gasteiger charge is -2.51. The molecule has 0 bridgehead atoms. The van der Waals surface area contributed by atoms with E-state index in [4.69, 9.17) is 269 Å². The van der Waals surface area contributed by atoms with Crippen molar-refractivity contribution in [3.63, 3.8) is 0 Å². The number of hydrogen-bond donors (Lipinski definition) is 0. The number of fused-ring (bicyclic) bond motifs is 3. The Morgan fingerprint density at radius 3 is 1.16 bits per heavy atom. The van der Waals surface area contributed by atoms with Gasteiger partial charge in [0.1, 0.15) is 0 Å². The molecule has 0 aliphatic carbocycles. The van der Waals surface area contributed by atoms with E-state index in [2.05, 4.69) is 22.2 Å². The van der Waals surface area contributed by atoms with Crippen molar-refractivity contribution in [2.45, 2.75) is 27.7 Å². The lowest BCUT2D eigenvalue weighted by atomic mass is 8.43. The predicted octanol–water partition coefficient (Wildman–Crippen LogP) is -21.8. The number of benzene rings is 3. The van der Waals surface area contributed by atoms with Crippen LogP contribution in [0.15, 0.2) is 24.3 Å². The standard InChI is InChI=1S/C28H17B66N/c1-6-8-18-17(7-2)14(4)23-13(3)15(5)95-22-10-9-16(11-20(22)24(18)28(23)95)19-12-21(65(87(71(35)36)72(37)38)88(73(39)40)74(41)42)26(67(90(77(47)48)78(49)50)92(81(55)56)84(61)63-29)27(68(91(79(51)52)80(53)54)93(82(57)58)85(62)69(31)32)25(19)66(89(75(43)44)76(45)46)94(83(59)60)86(64-30)70(33)34/h2,9-12H,1,3-5H3. The molecule has 2 aromatic heterocycles. The molecule has 5 aromatic rings. The van der Waals surface area contributed by atoms with Crippen molar-refractivity contribution in [2.75, 3.05) is 0 Å². The highest BCUT2D eigenvalue weighted by Gasteiger charge is 2.56. The monoisotopic (exact) mass is 1090 g/mol. The third-order valence-electron chi connectivity index (χ3n) is 20.0. The van der Waals surface area contributed by atoms with Crippen molar-refractivity contribution in [1.29, 1.82) is 0 Å². The van der Waals surface area contributed by atoms with Gasteiger partial charge in [0.2, 0.25) is 0 Å². The molecular formula is C28H17B66N. The lowest BCUT2D eigenvalue weighted by molar-refractivity contribution is 1.16. The Hall–Kier alpha value is 0.606. The van der Waals surface area contributed by atoms with Crippen LogP contribution in [0, 0.1) is 45.0 Å². The summed E-state index contributed by atoms with van der Waals surface area (Å²) in [5.41, 5.74) is 5.75. The number of aromatic nitrogens is 1. The first-order valence-electron chi connectivity index (χ1n) is 31.3. The smallest absolute Gasteiger partial charge is 0.0804 e. The molecule has 0 fully saturated rings.